The maximum Gasteiger partial charge on any atom is 0.0694 e. The Kier molecular flexibility index (Phi) is 4.10. The van der Waals surface area contributed by atoms with Crippen molar-refractivity contribution in [3.63, 3.8) is 0 Å². The smallest absolute Gasteiger partial charge is 0.0694 e. The highest BCUT2D eigenvalue weighted by Crippen LogP contribution is 2.28. The van der Waals surface area contributed by atoms with Gasteiger partial charge >= 0.3 is 0 Å². The minimum absolute atomic E-state index is 0.336. The summed E-state index contributed by atoms with van der Waals surface area (Å²) in [5.74, 6) is 0.502. The predicted molar refractivity (Wildman–Crippen MR) is 75.6 cm³/mol. The average molecular weight is 249 g/mol. The molecular formula is C15H27N3. The number of rotatable bonds is 4. The van der Waals surface area contributed by atoms with Crippen LogP contribution in [0.5, 0.6) is 0 Å². The molecule has 0 saturated heterocycles. The van der Waals surface area contributed by atoms with Crippen molar-refractivity contribution in [3.05, 3.63) is 17.5 Å². The second-order valence-electron chi connectivity index (χ2n) is 6.34. The molecule has 1 saturated carbocycles. The van der Waals surface area contributed by atoms with Crippen molar-refractivity contribution in [2.45, 2.75) is 70.9 Å². The van der Waals surface area contributed by atoms with E-state index in [0.717, 1.165) is 6.54 Å². The summed E-state index contributed by atoms with van der Waals surface area (Å²) in [5, 5.41) is 8.34. The fourth-order valence-corrected chi connectivity index (χ4v) is 2.99. The van der Waals surface area contributed by atoms with E-state index in [9.17, 15) is 0 Å². The number of nitrogens with one attached hydrogen (secondary N) is 1. The van der Waals surface area contributed by atoms with Gasteiger partial charge in [0.05, 0.1) is 5.69 Å². The molecule has 1 fully saturated rings. The van der Waals surface area contributed by atoms with Gasteiger partial charge in [-0.25, -0.2) is 0 Å². The van der Waals surface area contributed by atoms with Crippen molar-refractivity contribution in [3.8, 4) is 0 Å². The summed E-state index contributed by atoms with van der Waals surface area (Å²) in [7, 11) is 2.01. The summed E-state index contributed by atoms with van der Waals surface area (Å²) >= 11 is 0. The van der Waals surface area contributed by atoms with Crippen LogP contribution < -0.4 is 5.32 Å². The molecule has 0 amide bonds. The minimum atomic E-state index is 0.336. The van der Waals surface area contributed by atoms with E-state index in [4.69, 9.17) is 0 Å². The Bertz CT molecular complexity index is 386. The van der Waals surface area contributed by atoms with Crippen LogP contribution in [0.1, 0.15) is 70.1 Å². The van der Waals surface area contributed by atoms with E-state index in [1.807, 2.05) is 11.7 Å². The minimum Gasteiger partial charge on any atom is -0.307 e. The zero-order chi connectivity index (χ0) is 13.2. The van der Waals surface area contributed by atoms with Crippen molar-refractivity contribution in [1.29, 1.82) is 0 Å². The van der Waals surface area contributed by atoms with Crippen LogP contribution in [0.4, 0.5) is 0 Å². The van der Waals surface area contributed by atoms with Gasteiger partial charge in [0.1, 0.15) is 0 Å². The van der Waals surface area contributed by atoms with Crippen LogP contribution in [0.15, 0.2) is 6.20 Å². The highest BCUT2D eigenvalue weighted by molar-refractivity contribution is 5.20. The summed E-state index contributed by atoms with van der Waals surface area (Å²) in [6, 6.07) is 0. The van der Waals surface area contributed by atoms with Gasteiger partial charge in [0.2, 0.25) is 0 Å². The quantitative estimate of drug-likeness (QED) is 0.887. The summed E-state index contributed by atoms with van der Waals surface area (Å²) in [6.07, 6.45) is 8.92. The van der Waals surface area contributed by atoms with Crippen LogP contribution in [0.2, 0.25) is 0 Å². The third kappa shape index (κ3) is 3.14. The first-order valence-electron chi connectivity index (χ1n) is 7.28. The summed E-state index contributed by atoms with van der Waals surface area (Å²) < 4.78 is 1.94. The highest BCUT2D eigenvalue weighted by Gasteiger charge is 2.26. The third-order valence-electron chi connectivity index (χ3n) is 4.15. The Balaban J connectivity index is 2.01. The van der Waals surface area contributed by atoms with E-state index >= 15 is 0 Å². The Morgan fingerprint density at radius 3 is 2.61 bits per heavy atom. The first-order chi connectivity index (χ1) is 8.50. The van der Waals surface area contributed by atoms with Crippen LogP contribution in [0.25, 0.3) is 0 Å². The maximum absolute atomic E-state index is 4.57. The lowest BCUT2D eigenvalue weighted by molar-refractivity contribution is 0.252. The highest BCUT2D eigenvalue weighted by atomic mass is 15.3. The normalized spacial score (nSPS) is 19.4. The summed E-state index contributed by atoms with van der Waals surface area (Å²) in [6.45, 7) is 7.76. The first kappa shape index (κ1) is 13.6. The van der Waals surface area contributed by atoms with E-state index in [2.05, 4.69) is 37.4 Å². The van der Waals surface area contributed by atoms with Gasteiger partial charge in [-0.15, -0.1) is 0 Å². The van der Waals surface area contributed by atoms with Crippen LogP contribution in [0.3, 0.4) is 0 Å². The number of aryl methyl sites for hydroxylation is 1. The molecule has 0 aliphatic heterocycles. The molecule has 0 unspecified atom stereocenters. The molecule has 18 heavy (non-hydrogen) atoms. The zero-order valence-corrected chi connectivity index (χ0v) is 12.3. The van der Waals surface area contributed by atoms with Crippen molar-refractivity contribution >= 4 is 0 Å². The molecule has 0 atom stereocenters. The molecule has 102 valence electrons. The molecule has 3 heteroatoms. The van der Waals surface area contributed by atoms with Gasteiger partial charge in [-0.1, -0.05) is 33.1 Å². The van der Waals surface area contributed by atoms with Crippen LogP contribution >= 0.6 is 0 Å². The van der Waals surface area contributed by atoms with Gasteiger partial charge in [0, 0.05) is 30.9 Å². The molecule has 1 aliphatic rings. The van der Waals surface area contributed by atoms with E-state index in [1.165, 1.54) is 43.4 Å². The summed E-state index contributed by atoms with van der Waals surface area (Å²) in [4.78, 5) is 0. The molecule has 3 nitrogen and oxygen atoms in total. The fourth-order valence-electron chi connectivity index (χ4n) is 2.99. The molecule has 2 rings (SSSR count). The Morgan fingerprint density at radius 1 is 1.33 bits per heavy atom. The molecule has 1 heterocycles. The SMILES string of the molecule is CC(C)c1nn(C)cc1CNC1(C)CCCCC1. The van der Waals surface area contributed by atoms with Crippen molar-refractivity contribution < 1.29 is 0 Å². The standard InChI is InChI=1S/C15H27N3/c1-12(2)14-13(11-18(4)17-14)10-16-15(3)8-6-5-7-9-15/h11-12,16H,5-10H2,1-4H3. The monoisotopic (exact) mass is 249 g/mol. The molecule has 0 aromatic carbocycles. The fraction of sp³-hybridized carbons (Fsp3) is 0.800. The lowest BCUT2D eigenvalue weighted by Gasteiger charge is -2.34. The molecule has 0 bridgehead atoms. The van der Waals surface area contributed by atoms with Crippen molar-refractivity contribution in [1.82, 2.24) is 15.1 Å². The zero-order valence-electron chi connectivity index (χ0n) is 12.3. The number of nitrogens with zero attached hydrogens (tertiary/aromatic N) is 2. The Hall–Kier alpha value is -0.830. The molecule has 1 aromatic rings. The van der Waals surface area contributed by atoms with E-state index < -0.39 is 0 Å². The van der Waals surface area contributed by atoms with Gasteiger partial charge in [-0.05, 0) is 25.7 Å². The van der Waals surface area contributed by atoms with Crippen molar-refractivity contribution in [2.75, 3.05) is 0 Å². The maximum atomic E-state index is 4.57. The number of hydrogen-bond acceptors (Lipinski definition) is 2. The van der Waals surface area contributed by atoms with Gasteiger partial charge in [-0.2, -0.15) is 5.10 Å². The van der Waals surface area contributed by atoms with E-state index in [-0.39, 0.29) is 0 Å². The Labute approximate surface area is 111 Å². The van der Waals surface area contributed by atoms with E-state index in [1.54, 1.807) is 0 Å². The van der Waals surface area contributed by atoms with Crippen LogP contribution in [-0.4, -0.2) is 15.3 Å². The third-order valence-corrected chi connectivity index (χ3v) is 4.15. The van der Waals surface area contributed by atoms with Gasteiger partial charge in [-0.3, -0.25) is 4.68 Å². The van der Waals surface area contributed by atoms with Crippen molar-refractivity contribution in [2.24, 2.45) is 7.05 Å². The van der Waals surface area contributed by atoms with Crippen LogP contribution in [0, 0.1) is 0 Å². The predicted octanol–water partition coefficient (Wildman–Crippen LogP) is 3.36. The van der Waals surface area contributed by atoms with Crippen LogP contribution in [-0.2, 0) is 13.6 Å². The molecule has 0 radical (unpaired) electrons. The Morgan fingerprint density at radius 2 is 2.00 bits per heavy atom. The second-order valence-corrected chi connectivity index (χ2v) is 6.34. The molecule has 0 spiro atoms. The average Bonchev–Trinajstić information content (AvgIpc) is 2.69. The topological polar surface area (TPSA) is 29.9 Å². The number of aromatic nitrogens is 2. The van der Waals surface area contributed by atoms with Gasteiger partial charge < -0.3 is 5.32 Å². The lowest BCUT2D eigenvalue weighted by Crippen LogP contribution is -2.43. The number of hydrogen-bond donors (Lipinski definition) is 1. The second kappa shape index (κ2) is 5.43. The molecule has 1 aromatic heterocycles. The van der Waals surface area contributed by atoms with Gasteiger partial charge in [0.15, 0.2) is 0 Å². The lowest BCUT2D eigenvalue weighted by atomic mass is 9.83. The molecular weight excluding hydrogens is 222 g/mol. The van der Waals surface area contributed by atoms with Gasteiger partial charge in [0.25, 0.3) is 0 Å². The summed E-state index contributed by atoms with van der Waals surface area (Å²) in [5.41, 5.74) is 2.94. The molecule has 1 N–H and O–H groups in total. The van der Waals surface area contributed by atoms with E-state index in [0.29, 0.717) is 11.5 Å². The molecule has 1 aliphatic carbocycles. The first-order valence-corrected chi connectivity index (χ1v) is 7.28. The largest absolute Gasteiger partial charge is 0.307 e.